The largest absolute Gasteiger partial charge is 0.478 e. The third-order valence-electron chi connectivity index (χ3n) is 3.25. The maximum atomic E-state index is 10.5. The zero-order valence-electron chi connectivity index (χ0n) is 11.1. The maximum absolute atomic E-state index is 10.5. The summed E-state index contributed by atoms with van der Waals surface area (Å²) in [7, 11) is 0. The first-order valence-corrected chi connectivity index (χ1v) is 7.66. The lowest BCUT2D eigenvalue weighted by atomic mass is 10.1. The minimum absolute atomic E-state index is 0.909. The summed E-state index contributed by atoms with van der Waals surface area (Å²) in [5.74, 6) is 1.52. The van der Waals surface area contributed by atoms with E-state index in [1.54, 1.807) is 6.08 Å². The van der Waals surface area contributed by atoms with Crippen LogP contribution in [0.2, 0.25) is 0 Å². The van der Waals surface area contributed by atoms with Gasteiger partial charge in [0.05, 0.1) is 0 Å². The number of benzene rings is 1. The first kappa shape index (κ1) is 14.0. The molecule has 0 bridgehead atoms. The number of carboxylic acid groups (broad SMARTS) is 1. The van der Waals surface area contributed by atoms with Crippen molar-refractivity contribution in [3.63, 3.8) is 0 Å². The average molecular weight is 277 g/mol. The molecule has 0 spiro atoms. The van der Waals surface area contributed by atoms with Gasteiger partial charge in [0.2, 0.25) is 0 Å². The van der Waals surface area contributed by atoms with E-state index in [2.05, 4.69) is 17.0 Å². The lowest BCUT2D eigenvalue weighted by molar-refractivity contribution is -0.131. The van der Waals surface area contributed by atoms with Gasteiger partial charge >= 0.3 is 5.97 Å². The number of aliphatic carboxylic acids is 1. The predicted molar refractivity (Wildman–Crippen MR) is 82.0 cm³/mol. The van der Waals surface area contributed by atoms with Crippen molar-refractivity contribution in [3.05, 3.63) is 35.4 Å². The van der Waals surface area contributed by atoms with E-state index < -0.39 is 5.97 Å². The van der Waals surface area contributed by atoms with Crippen LogP contribution in [0, 0.1) is 6.92 Å². The third kappa shape index (κ3) is 4.03. The van der Waals surface area contributed by atoms with Crippen molar-refractivity contribution < 1.29 is 9.90 Å². The van der Waals surface area contributed by atoms with Crippen molar-refractivity contribution in [2.75, 3.05) is 29.5 Å². The number of thioether (sulfide) groups is 1. The van der Waals surface area contributed by atoms with E-state index in [4.69, 9.17) is 5.11 Å². The molecule has 2 rings (SSSR count). The summed E-state index contributed by atoms with van der Waals surface area (Å²) in [6.45, 7) is 4.22. The van der Waals surface area contributed by atoms with E-state index in [0.717, 1.165) is 24.2 Å². The Morgan fingerprint density at radius 1 is 1.37 bits per heavy atom. The number of hydrogen-bond donors (Lipinski definition) is 1. The standard InChI is InChI=1S/C15H19NO2S/c1-12-11-14(16-7-2-9-19-10-8-16)5-3-13(12)4-6-15(17)18/h3-6,11H,2,7-10H2,1H3,(H,17,18). The first-order valence-electron chi connectivity index (χ1n) is 6.51. The zero-order chi connectivity index (χ0) is 13.7. The van der Waals surface area contributed by atoms with Gasteiger partial charge in [0.15, 0.2) is 0 Å². The van der Waals surface area contributed by atoms with Gasteiger partial charge in [0, 0.05) is 30.6 Å². The molecule has 1 aromatic rings. The van der Waals surface area contributed by atoms with Crippen molar-refractivity contribution in [1.29, 1.82) is 0 Å². The van der Waals surface area contributed by atoms with Gasteiger partial charge in [-0.3, -0.25) is 0 Å². The molecule has 1 fully saturated rings. The van der Waals surface area contributed by atoms with Gasteiger partial charge in [-0.05, 0) is 48.4 Å². The van der Waals surface area contributed by atoms with E-state index in [1.165, 1.54) is 29.7 Å². The molecule has 4 heteroatoms. The molecule has 1 heterocycles. The van der Waals surface area contributed by atoms with Crippen LogP contribution in [-0.2, 0) is 4.79 Å². The van der Waals surface area contributed by atoms with Crippen LogP contribution in [0.3, 0.4) is 0 Å². The summed E-state index contributed by atoms with van der Waals surface area (Å²) >= 11 is 2.01. The van der Waals surface area contributed by atoms with Crippen molar-refractivity contribution in [3.8, 4) is 0 Å². The van der Waals surface area contributed by atoms with Crippen LogP contribution in [0.5, 0.6) is 0 Å². The van der Waals surface area contributed by atoms with E-state index in [9.17, 15) is 4.79 Å². The molecule has 3 nitrogen and oxygen atoms in total. The van der Waals surface area contributed by atoms with Crippen LogP contribution in [0.1, 0.15) is 17.5 Å². The first-order chi connectivity index (χ1) is 9.16. The number of nitrogens with zero attached hydrogens (tertiary/aromatic N) is 1. The molecule has 102 valence electrons. The van der Waals surface area contributed by atoms with Crippen LogP contribution >= 0.6 is 11.8 Å². The number of carboxylic acids is 1. The summed E-state index contributed by atoms with van der Waals surface area (Å²) in [5.41, 5.74) is 3.33. The highest BCUT2D eigenvalue weighted by molar-refractivity contribution is 7.99. The highest BCUT2D eigenvalue weighted by Gasteiger charge is 2.10. The molecule has 1 aliphatic rings. The third-order valence-corrected chi connectivity index (χ3v) is 4.29. The van der Waals surface area contributed by atoms with E-state index in [-0.39, 0.29) is 0 Å². The molecule has 0 aromatic heterocycles. The second-order valence-corrected chi connectivity index (χ2v) is 5.89. The number of aryl methyl sites for hydroxylation is 1. The van der Waals surface area contributed by atoms with Gasteiger partial charge in [-0.2, -0.15) is 11.8 Å². The smallest absolute Gasteiger partial charge is 0.328 e. The molecule has 1 saturated heterocycles. The minimum atomic E-state index is -0.909. The van der Waals surface area contributed by atoms with Crippen molar-refractivity contribution in [2.45, 2.75) is 13.3 Å². The quantitative estimate of drug-likeness (QED) is 0.862. The summed E-state index contributed by atoms with van der Waals surface area (Å²) in [5, 5.41) is 8.66. The molecule has 0 atom stereocenters. The minimum Gasteiger partial charge on any atom is -0.478 e. The Kier molecular flexibility index (Phi) is 4.91. The van der Waals surface area contributed by atoms with E-state index in [0.29, 0.717) is 0 Å². The zero-order valence-corrected chi connectivity index (χ0v) is 11.9. The Hall–Kier alpha value is -1.42. The summed E-state index contributed by atoms with van der Waals surface area (Å²) in [4.78, 5) is 13.0. The number of carbonyl (C=O) groups is 1. The fourth-order valence-electron chi connectivity index (χ4n) is 2.21. The normalized spacial score (nSPS) is 16.6. The fourth-order valence-corrected chi connectivity index (χ4v) is 3.10. The van der Waals surface area contributed by atoms with Gasteiger partial charge in [-0.15, -0.1) is 0 Å². The molecule has 0 saturated carbocycles. The van der Waals surface area contributed by atoms with Gasteiger partial charge in [-0.25, -0.2) is 4.79 Å². The lowest BCUT2D eigenvalue weighted by Gasteiger charge is -2.23. The molecular formula is C15H19NO2S. The van der Waals surface area contributed by atoms with Gasteiger partial charge in [-0.1, -0.05) is 6.07 Å². The van der Waals surface area contributed by atoms with Crippen molar-refractivity contribution >= 4 is 29.5 Å². The fraction of sp³-hybridized carbons (Fsp3) is 0.400. The molecular weight excluding hydrogens is 258 g/mol. The van der Waals surface area contributed by atoms with Gasteiger partial charge in [0.1, 0.15) is 0 Å². The van der Waals surface area contributed by atoms with Crippen LogP contribution in [0.4, 0.5) is 5.69 Å². The van der Waals surface area contributed by atoms with Crippen molar-refractivity contribution in [2.24, 2.45) is 0 Å². The lowest BCUT2D eigenvalue weighted by Crippen LogP contribution is -2.25. The second-order valence-electron chi connectivity index (χ2n) is 4.67. The van der Waals surface area contributed by atoms with Crippen LogP contribution < -0.4 is 4.90 Å². The molecule has 0 amide bonds. The highest BCUT2D eigenvalue weighted by Crippen LogP contribution is 2.22. The second kappa shape index (κ2) is 6.66. The topological polar surface area (TPSA) is 40.5 Å². The van der Waals surface area contributed by atoms with Gasteiger partial charge < -0.3 is 10.0 Å². The molecule has 0 radical (unpaired) electrons. The van der Waals surface area contributed by atoms with Crippen LogP contribution in [-0.4, -0.2) is 35.7 Å². The predicted octanol–water partition coefficient (Wildman–Crippen LogP) is 3.04. The van der Waals surface area contributed by atoms with Crippen LogP contribution in [0.15, 0.2) is 24.3 Å². The molecule has 1 N–H and O–H groups in total. The van der Waals surface area contributed by atoms with Gasteiger partial charge in [0.25, 0.3) is 0 Å². The average Bonchev–Trinajstić information content (AvgIpc) is 2.66. The Bertz CT molecular complexity index is 477. The maximum Gasteiger partial charge on any atom is 0.328 e. The molecule has 0 unspecified atom stereocenters. The van der Waals surface area contributed by atoms with E-state index in [1.807, 2.05) is 24.8 Å². The Balaban J connectivity index is 2.15. The monoisotopic (exact) mass is 277 g/mol. The summed E-state index contributed by atoms with van der Waals surface area (Å²) in [6.07, 6.45) is 4.06. The SMILES string of the molecule is Cc1cc(N2CCCSCC2)ccc1C=CC(=O)O. The molecule has 1 aromatic carbocycles. The van der Waals surface area contributed by atoms with Crippen molar-refractivity contribution in [1.82, 2.24) is 0 Å². The highest BCUT2D eigenvalue weighted by atomic mass is 32.2. The molecule has 0 aliphatic carbocycles. The molecule has 19 heavy (non-hydrogen) atoms. The number of anilines is 1. The Morgan fingerprint density at radius 3 is 2.95 bits per heavy atom. The summed E-state index contributed by atoms with van der Waals surface area (Å²) in [6, 6.07) is 6.24. The Morgan fingerprint density at radius 2 is 2.21 bits per heavy atom. The van der Waals surface area contributed by atoms with E-state index >= 15 is 0 Å². The Labute approximate surface area is 118 Å². The molecule has 1 aliphatic heterocycles. The number of rotatable bonds is 3. The van der Waals surface area contributed by atoms with Crippen LogP contribution in [0.25, 0.3) is 6.08 Å². The number of hydrogen-bond acceptors (Lipinski definition) is 3. The summed E-state index contributed by atoms with van der Waals surface area (Å²) < 4.78 is 0.